The predicted molar refractivity (Wildman–Crippen MR) is 77.9 cm³/mol. The van der Waals surface area contributed by atoms with Crippen molar-refractivity contribution >= 4 is 11.9 Å². The van der Waals surface area contributed by atoms with Crippen LogP contribution in [0.4, 0.5) is 0 Å². The molecule has 0 radical (unpaired) electrons. The first-order chi connectivity index (χ1) is 11.6. The van der Waals surface area contributed by atoms with Crippen molar-refractivity contribution in [1.29, 1.82) is 0 Å². The third-order valence-electron chi connectivity index (χ3n) is 7.20. The van der Waals surface area contributed by atoms with Gasteiger partial charge < -0.3 is 34.6 Å². The molecule has 25 heavy (non-hydrogen) atoms. The molecule has 0 aromatic heterocycles. The number of fused-ring (bicyclic) bond motifs is 2. The molecular formula is C16H22O9. The van der Waals surface area contributed by atoms with Gasteiger partial charge in [-0.25, -0.2) is 4.79 Å². The van der Waals surface area contributed by atoms with Gasteiger partial charge in [0.2, 0.25) is 0 Å². The second-order valence-electron chi connectivity index (χ2n) is 7.83. The molecule has 0 aromatic rings. The minimum Gasteiger partial charge on any atom is -0.464 e. The molecule has 0 unspecified atom stereocenters. The zero-order valence-corrected chi connectivity index (χ0v) is 14.0. The Balaban J connectivity index is 2.02. The van der Waals surface area contributed by atoms with Crippen LogP contribution in [0.2, 0.25) is 0 Å². The summed E-state index contributed by atoms with van der Waals surface area (Å²) in [6, 6.07) is 0. The molecule has 2 saturated heterocycles. The predicted octanol–water partition coefficient (Wildman–Crippen LogP) is -2.28. The van der Waals surface area contributed by atoms with Crippen LogP contribution in [-0.2, 0) is 23.8 Å². The average molecular weight is 358 g/mol. The fraction of sp³-hybridized carbons (Fsp3) is 0.875. The molecule has 0 aromatic carbocycles. The fourth-order valence-electron chi connectivity index (χ4n) is 5.94. The molecule has 0 amide bonds. The van der Waals surface area contributed by atoms with Gasteiger partial charge in [0.15, 0.2) is 11.5 Å². The average Bonchev–Trinajstić information content (AvgIpc) is 2.72. The molecule has 4 fully saturated rings. The molecule has 2 heterocycles. The molecular weight excluding hydrogens is 336 g/mol. The quantitative estimate of drug-likeness (QED) is 0.401. The van der Waals surface area contributed by atoms with Crippen molar-refractivity contribution in [1.82, 2.24) is 0 Å². The number of carbonyl (C=O) groups is 2. The Labute approximate surface area is 143 Å². The lowest BCUT2D eigenvalue weighted by Gasteiger charge is -2.69. The van der Waals surface area contributed by atoms with Crippen LogP contribution in [0.5, 0.6) is 0 Å². The van der Waals surface area contributed by atoms with E-state index >= 15 is 0 Å². The van der Waals surface area contributed by atoms with Crippen LogP contribution in [0.15, 0.2) is 0 Å². The van der Waals surface area contributed by atoms with Crippen LogP contribution in [0.1, 0.15) is 19.8 Å². The maximum absolute atomic E-state index is 12.6. The summed E-state index contributed by atoms with van der Waals surface area (Å²) in [5.41, 5.74) is -7.82. The van der Waals surface area contributed by atoms with E-state index in [1.54, 1.807) is 6.92 Å². The summed E-state index contributed by atoms with van der Waals surface area (Å²) in [4.78, 5) is 24.9. The number of hydrogen-bond acceptors (Lipinski definition) is 9. The molecule has 2 aliphatic carbocycles. The Morgan fingerprint density at radius 2 is 1.96 bits per heavy atom. The zero-order valence-electron chi connectivity index (χ0n) is 14.0. The minimum atomic E-state index is -2.25. The molecule has 2 saturated carbocycles. The highest BCUT2D eigenvalue weighted by atomic mass is 16.6. The van der Waals surface area contributed by atoms with Crippen molar-refractivity contribution < 1.29 is 44.2 Å². The second kappa shape index (κ2) is 4.72. The lowest BCUT2D eigenvalue weighted by molar-refractivity contribution is -0.380. The smallest absolute Gasteiger partial charge is 0.336 e. The number of esters is 2. The highest BCUT2D eigenvalue weighted by molar-refractivity contribution is 5.88. The van der Waals surface area contributed by atoms with E-state index in [1.807, 2.05) is 0 Å². The standard InChI is InChI=1S/C16H22O9/c1-7-3-8(17)16(22)13(7)4-9(25-11(19)10(13)18)15(21,6-23-2)14(16)5-24-12(14)20/h7-10,17-18,21-22H,3-6H2,1-2H3/t7-,8-,9-,10+,13+,14+,15+,16-/m0/s1. The van der Waals surface area contributed by atoms with Crippen molar-refractivity contribution in [3.05, 3.63) is 0 Å². The topological polar surface area (TPSA) is 143 Å². The summed E-state index contributed by atoms with van der Waals surface area (Å²) in [5, 5.41) is 44.4. The van der Waals surface area contributed by atoms with Gasteiger partial charge in [0, 0.05) is 12.5 Å². The van der Waals surface area contributed by atoms with E-state index in [0.29, 0.717) is 0 Å². The number of aliphatic hydroxyl groups is 4. The monoisotopic (exact) mass is 358 g/mol. The van der Waals surface area contributed by atoms with Gasteiger partial charge in [-0.05, 0) is 18.8 Å². The first kappa shape index (κ1) is 17.2. The summed E-state index contributed by atoms with van der Waals surface area (Å²) in [7, 11) is 1.30. The highest BCUT2D eigenvalue weighted by Crippen LogP contribution is 2.72. The van der Waals surface area contributed by atoms with E-state index in [0.717, 1.165) is 0 Å². The largest absolute Gasteiger partial charge is 0.464 e. The van der Waals surface area contributed by atoms with Crippen LogP contribution < -0.4 is 0 Å². The van der Waals surface area contributed by atoms with Crippen molar-refractivity contribution in [2.75, 3.05) is 20.3 Å². The van der Waals surface area contributed by atoms with Crippen molar-refractivity contribution in [3.8, 4) is 0 Å². The summed E-state index contributed by atoms with van der Waals surface area (Å²) in [5.74, 6) is -2.38. The molecule has 9 nitrogen and oxygen atoms in total. The Kier molecular flexibility index (Phi) is 3.24. The molecule has 4 aliphatic rings. The maximum Gasteiger partial charge on any atom is 0.336 e. The van der Waals surface area contributed by atoms with Crippen LogP contribution in [0.3, 0.4) is 0 Å². The zero-order chi connectivity index (χ0) is 18.4. The van der Waals surface area contributed by atoms with E-state index in [9.17, 15) is 30.0 Å². The minimum absolute atomic E-state index is 0.0612. The molecule has 140 valence electrons. The third-order valence-corrected chi connectivity index (χ3v) is 7.20. The van der Waals surface area contributed by atoms with Crippen LogP contribution >= 0.6 is 0 Å². The Morgan fingerprint density at radius 3 is 2.48 bits per heavy atom. The number of hydrogen-bond donors (Lipinski definition) is 4. The summed E-state index contributed by atoms with van der Waals surface area (Å²) < 4.78 is 15.2. The summed E-state index contributed by atoms with van der Waals surface area (Å²) in [6.07, 6.45) is -4.36. The van der Waals surface area contributed by atoms with Gasteiger partial charge in [-0.3, -0.25) is 4.79 Å². The van der Waals surface area contributed by atoms with Crippen LogP contribution in [0, 0.1) is 16.7 Å². The molecule has 2 bridgehead atoms. The Hall–Kier alpha value is -1.26. The SMILES string of the molecule is COC[C@@]1(O)[C@@H]2C[C@]3([C@H](O)C(=O)O2)[C@@H](C)C[C@H](O)[C@@]3(O)[C@@]12COC2=O. The molecule has 4 N–H and O–H groups in total. The second-order valence-corrected chi connectivity index (χ2v) is 7.83. The molecule has 8 atom stereocenters. The van der Waals surface area contributed by atoms with Crippen LogP contribution in [-0.4, -0.2) is 82.2 Å². The van der Waals surface area contributed by atoms with E-state index in [-0.39, 0.29) is 19.4 Å². The lowest BCUT2D eigenvalue weighted by atomic mass is 9.41. The first-order valence-electron chi connectivity index (χ1n) is 8.31. The van der Waals surface area contributed by atoms with Crippen molar-refractivity contribution in [2.24, 2.45) is 16.7 Å². The Morgan fingerprint density at radius 1 is 1.28 bits per heavy atom. The maximum atomic E-state index is 12.6. The van der Waals surface area contributed by atoms with Gasteiger partial charge in [0.25, 0.3) is 0 Å². The van der Waals surface area contributed by atoms with E-state index in [1.165, 1.54) is 7.11 Å². The summed E-state index contributed by atoms with van der Waals surface area (Å²) in [6.45, 7) is 0.919. The van der Waals surface area contributed by atoms with E-state index in [4.69, 9.17) is 14.2 Å². The third kappa shape index (κ3) is 1.43. The molecule has 9 heteroatoms. The van der Waals surface area contributed by atoms with Gasteiger partial charge in [0.1, 0.15) is 23.9 Å². The number of ether oxygens (including phenoxy) is 3. The number of cyclic esters (lactones) is 1. The number of rotatable bonds is 2. The number of aliphatic hydroxyl groups excluding tert-OH is 2. The molecule has 4 rings (SSSR count). The number of carbonyl (C=O) groups excluding carboxylic acids is 2. The van der Waals surface area contributed by atoms with Gasteiger partial charge in [-0.1, -0.05) is 6.92 Å². The molecule has 2 spiro atoms. The number of methoxy groups -OCH3 is 1. The normalized spacial score (nSPS) is 56.9. The highest BCUT2D eigenvalue weighted by Gasteiger charge is 2.90. The van der Waals surface area contributed by atoms with Gasteiger partial charge >= 0.3 is 11.9 Å². The van der Waals surface area contributed by atoms with Crippen molar-refractivity contribution in [3.63, 3.8) is 0 Å². The van der Waals surface area contributed by atoms with Gasteiger partial charge in [-0.2, -0.15) is 0 Å². The summed E-state index contributed by atoms with van der Waals surface area (Å²) >= 11 is 0. The van der Waals surface area contributed by atoms with E-state index < -0.39 is 64.8 Å². The lowest BCUT2D eigenvalue weighted by Crippen LogP contribution is -2.89. The first-order valence-corrected chi connectivity index (χ1v) is 8.31. The van der Waals surface area contributed by atoms with Crippen LogP contribution in [0.25, 0.3) is 0 Å². The Bertz CT molecular complexity index is 652. The van der Waals surface area contributed by atoms with Gasteiger partial charge in [-0.15, -0.1) is 0 Å². The van der Waals surface area contributed by atoms with Gasteiger partial charge in [0.05, 0.1) is 12.7 Å². The van der Waals surface area contributed by atoms with Crippen molar-refractivity contribution in [2.45, 2.75) is 49.3 Å². The molecule has 2 aliphatic heterocycles. The fourth-order valence-corrected chi connectivity index (χ4v) is 5.94. The van der Waals surface area contributed by atoms with E-state index in [2.05, 4.69) is 0 Å².